The minimum Gasteiger partial charge on any atom is -0.493 e. The molecule has 0 fully saturated rings. The monoisotopic (exact) mass is 319 g/mol. The van der Waals surface area contributed by atoms with Gasteiger partial charge in [0.25, 0.3) is 0 Å². The van der Waals surface area contributed by atoms with Crippen LogP contribution in [-0.2, 0) is 13.6 Å². The zero-order chi connectivity index (χ0) is 15.7. The van der Waals surface area contributed by atoms with Crippen LogP contribution in [-0.4, -0.2) is 16.4 Å². The summed E-state index contributed by atoms with van der Waals surface area (Å²) in [5.41, 5.74) is 3.39. The van der Waals surface area contributed by atoms with Crippen LogP contribution in [0.1, 0.15) is 49.0 Å². The van der Waals surface area contributed by atoms with Crippen molar-refractivity contribution < 1.29 is 4.74 Å². The molecule has 1 aliphatic rings. The maximum Gasteiger partial charge on any atom is 0.131 e. The molecule has 3 rings (SSSR count). The molecular weight excluding hydrogens is 298 g/mol. The first-order valence-electron chi connectivity index (χ1n) is 7.74. The van der Waals surface area contributed by atoms with Crippen molar-refractivity contribution in [3.05, 3.63) is 46.2 Å². The molecular formula is C17H22ClN3O. The normalized spacial score (nSPS) is 17.4. The minimum absolute atomic E-state index is 0.293. The lowest BCUT2D eigenvalue weighted by Gasteiger charge is -2.26. The van der Waals surface area contributed by atoms with E-state index in [1.54, 1.807) is 4.68 Å². The third-order valence-corrected chi connectivity index (χ3v) is 4.60. The van der Waals surface area contributed by atoms with Gasteiger partial charge in [-0.2, -0.15) is 5.10 Å². The van der Waals surface area contributed by atoms with Crippen molar-refractivity contribution in [1.29, 1.82) is 0 Å². The molecule has 0 amide bonds. The topological polar surface area (TPSA) is 39.1 Å². The second-order valence-corrected chi connectivity index (χ2v) is 6.40. The molecule has 4 nitrogen and oxygen atoms in total. The van der Waals surface area contributed by atoms with E-state index in [4.69, 9.17) is 16.3 Å². The van der Waals surface area contributed by atoms with Crippen LogP contribution in [0.2, 0.25) is 5.15 Å². The van der Waals surface area contributed by atoms with E-state index in [1.807, 2.05) is 19.2 Å². The van der Waals surface area contributed by atoms with Crippen LogP contribution in [0.15, 0.2) is 24.3 Å². The number of halogens is 1. The summed E-state index contributed by atoms with van der Waals surface area (Å²) >= 11 is 6.41. The fourth-order valence-electron chi connectivity index (χ4n) is 2.97. The van der Waals surface area contributed by atoms with Crippen LogP contribution in [0.3, 0.4) is 0 Å². The van der Waals surface area contributed by atoms with Gasteiger partial charge in [0.05, 0.1) is 12.3 Å². The number of nitrogens with one attached hydrogen (secondary N) is 1. The Morgan fingerprint density at radius 1 is 1.41 bits per heavy atom. The summed E-state index contributed by atoms with van der Waals surface area (Å²) in [7, 11) is 1.89. The fraction of sp³-hybridized carbons (Fsp3) is 0.471. The Labute approximate surface area is 136 Å². The molecule has 1 aromatic heterocycles. The molecule has 1 aliphatic heterocycles. The quantitative estimate of drug-likeness (QED) is 0.931. The molecule has 1 N–H and O–H groups in total. The number of ether oxygens (including phenoxy) is 1. The second-order valence-electron chi connectivity index (χ2n) is 6.04. The van der Waals surface area contributed by atoms with E-state index in [0.717, 1.165) is 41.7 Å². The van der Waals surface area contributed by atoms with E-state index in [2.05, 4.69) is 36.4 Å². The Morgan fingerprint density at radius 3 is 2.95 bits per heavy atom. The van der Waals surface area contributed by atoms with Gasteiger partial charge in [-0.1, -0.05) is 43.6 Å². The summed E-state index contributed by atoms with van der Waals surface area (Å²) in [5, 5.41) is 8.88. The van der Waals surface area contributed by atoms with Gasteiger partial charge in [-0.05, 0) is 12.0 Å². The summed E-state index contributed by atoms with van der Waals surface area (Å²) < 4.78 is 7.47. The van der Waals surface area contributed by atoms with Gasteiger partial charge >= 0.3 is 0 Å². The lowest BCUT2D eigenvalue weighted by Crippen LogP contribution is -2.27. The highest BCUT2D eigenvalue weighted by Crippen LogP contribution is 2.32. The fourth-order valence-corrected chi connectivity index (χ4v) is 3.18. The highest BCUT2D eigenvalue weighted by molar-refractivity contribution is 6.30. The first-order valence-corrected chi connectivity index (χ1v) is 8.12. The summed E-state index contributed by atoms with van der Waals surface area (Å²) in [6.07, 6.45) is 0.964. The minimum atomic E-state index is 0.293. The highest BCUT2D eigenvalue weighted by Gasteiger charge is 2.23. The Bertz CT molecular complexity index is 666. The standard InChI is InChI=1S/C17H22ClN3O/c1-11(2)16-13(17(18)21(3)20-16)10-19-14-8-9-22-15-7-5-4-6-12(14)15/h4-7,11,14,19H,8-10H2,1-3H3/t14-/m1/s1. The molecule has 0 aliphatic carbocycles. The Kier molecular flexibility index (Phi) is 4.41. The molecule has 2 aromatic rings. The Hall–Kier alpha value is -1.52. The molecule has 22 heavy (non-hydrogen) atoms. The summed E-state index contributed by atoms with van der Waals surface area (Å²) in [6.45, 7) is 5.75. The van der Waals surface area contributed by atoms with Crippen LogP contribution in [0.25, 0.3) is 0 Å². The van der Waals surface area contributed by atoms with Crippen LogP contribution in [0.4, 0.5) is 0 Å². The van der Waals surface area contributed by atoms with Gasteiger partial charge in [0.15, 0.2) is 0 Å². The zero-order valence-corrected chi connectivity index (χ0v) is 14.0. The zero-order valence-electron chi connectivity index (χ0n) is 13.3. The van der Waals surface area contributed by atoms with Gasteiger partial charge in [-0.15, -0.1) is 0 Å². The number of nitrogens with zero attached hydrogens (tertiary/aromatic N) is 2. The second kappa shape index (κ2) is 6.31. The lowest BCUT2D eigenvalue weighted by molar-refractivity contribution is 0.252. The van der Waals surface area contributed by atoms with Crippen molar-refractivity contribution in [3.63, 3.8) is 0 Å². The Balaban J connectivity index is 1.80. The third kappa shape index (κ3) is 2.85. The van der Waals surface area contributed by atoms with Gasteiger partial charge in [0.1, 0.15) is 10.9 Å². The third-order valence-electron chi connectivity index (χ3n) is 4.13. The molecule has 0 spiro atoms. The molecule has 118 valence electrons. The van der Waals surface area contributed by atoms with E-state index in [0.29, 0.717) is 12.0 Å². The molecule has 0 radical (unpaired) electrons. The molecule has 0 bridgehead atoms. The highest BCUT2D eigenvalue weighted by atomic mass is 35.5. The first kappa shape index (κ1) is 15.4. The summed E-state index contributed by atoms with van der Waals surface area (Å²) in [6, 6.07) is 8.51. The number of aryl methyl sites for hydroxylation is 1. The van der Waals surface area contributed by atoms with Gasteiger partial charge in [0.2, 0.25) is 0 Å². The van der Waals surface area contributed by atoms with E-state index < -0.39 is 0 Å². The van der Waals surface area contributed by atoms with Crippen molar-refractivity contribution in [1.82, 2.24) is 15.1 Å². The average molecular weight is 320 g/mol. The smallest absolute Gasteiger partial charge is 0.131 e. The molecule has 2 heterocycles. The lowest BCUT2D eigenvalue weighted by atomic mass is 10.00. The largest absolute Gasteiger partial charge is 0.493 e. The van der Waals surface area contributed by atoms with E-state index in [1.165, 1.54) is 5.56 Å². The van der Waals surface area contributed by atoms with Crippen molar-refractivity contribution >= 4 is 11.6 Å². The maximum atomic E-state index is 6.41. The van der Waals surface area contributed by atoms with E-state index >= 15 is 0 Å². The van der Waals surface area contributed by atoms with Crippen LogP contribution in [0.5, 0.6) is 5.75 Å². The predicted molar refractivity (Wildman–Crippen MR) is 88.4 cm³/mol. The van der Waals surface area contributed by atoms with Crippen molar-refractivity contribution in [2.75, 3.05) is 6.61 Å². The van der Waals surface area contributed by atoms with E-state index in [9.17, 15) is 0 Å². The van der Waals surface area contributed by atoms with Crippen LogP contribution in [0, 0.1) is 0 Å². The molecule has 0 unspecified atom stereocenters. The number of rotatable bonds is 4. The number of benzene rings is 1. The molecule has 0 saturated heterocycles. The molecule has 0 saturated carbocycles. The summed E-state index contributed by atoms with van der Waals surface area (Å²) in [5.74, 6) is 1.34. The number of aromatic nitrogens is 2. The number of para-hydroxylation sites is 1. The molecule has 1 aromatic carbocycles. The Morgan fingerprint density at radius 2 is 2.18 bits per heavy atom. The van der Waals surface area contributed by atoms with E-state index in [-0.39, 0.29) is 0 Å². The molecule has 1 atom stereocenters. The van der Waals surface area contributed by atoms with Crippen molar-refractivity contribution in [2.45, 2.75) is 38.8 Å². The number of hydrogen-bond donors (Lipinski definition) is 1. The SMILES string of the molecule is CC(C)c1nn(C)c(Cl)c1CN[C@@H]1CCOc2ccccc21. The van der Waals surface area contributed by atoms with Gasteiger partial charge in [-0.25, -0.2) is 0 Å². The predicted octanol–water partition coefficient (Wildman–Crippen LogP) is 3.81. The number of fused-ring (bicyclic) bond motifs is 1. The van der Waals surface area contributed by atoms with Gasteiger partial charge < -0.3 is 10.1 Å². The average Bonchev–Trinajstić information content (AvgIpc) is 2.81. The van der Waals surface area contributed by atoms with Crippen LogP contribution >= 0.6 is 11.6 Å². The van der Waals surface area contributed by atoms with Gasteiger partial charge in [0, 0.05) is 37.2 Å². The van der Waals surface area contributed by atoms with Crippen LogP contribution < -0.4 is 10.1 Å². The number of hydrogen-bond acceptors (Lipinski definition) is 3. The summed E-state index contributed by atoms with van der Waals surface area (Å²) in [4.78, 5) is 0. The maximum absolute atomic E-state index is 6.41. The first-order chi connectivity index (χ1) is 10.6. The van der Waals surface area contributed by atoms with Crippen molar-refractivity contribution in [2.24, 2.45) is 7.05 Å². The van der Waals surface area contributed by atoms with Gasteiger partial charge in [-0.3, -0.25) is 4.68 Å². The molecule has 5 heteroatoms. The van der Waals surface area contributed by atoms with Crippen molar-refractivity contribution in [3.8, 4) is 5.75 Å².